The molecular formula is C17H19Cl. The molecule has 0 aliphatic carbocycles. The highest BCUT2D eigenvalue weighted by molar-refractivity contribution is 6.30. The summed E-state index contributed by atoms with van der Waals surface area (Å²) >= 11 is 5.92. The van der Waals surface area contributed by atoms with Crippen LogP contribution in [0.2, 0.25) is 5.02 Å². The van der Waals surface area contributed by atoms with E-state index in [1.54, 1.807) is 0 Å². The van der Waals surface area contributed by atoms with Crippen LogP contribution in [0.4, 0.5) is 0 Å². The van der Waals surface area contributed by atoms with Gasteiger partial charge in [0.15, 0.2) is 0 Å². The first kappa shape index (κ1) is 14.5. The Morgan fingerprint density at radius 1 is 0.833 bits per heavy atom. The number of halogens is 1. The molecule has 0 aliphatic heterocycles. The Hall–Kier alpha value is -1.53. The lowest BCUT2D eigenvalue weighted by molar-refractivity contribution is 1.46. The lowest BCUT2D eigenvalue weighted by atomic mass is 10.1. The van der Waals surface area contributed by atoms with E-state index in [0.29, 0.717) is 0 Å². The Morgan fingerprint density at radius 2 is 1.39 bits per heavy atom. The SMILES string of the molecule is CC.Cc1cccc(/C=C/c2cccc(Cl)c2)c1. The molecule has 0 saturated carbocycles. The van der Waals surface area contributed by atoms with Crippen LogP contribution in [0, 0.1) is 6.92 Å². The fraction of sp³-hybridized carbons (Fsp3) is 0.176. The highest BCUT2D eigenvalue weighted by atomic mass is 35.5. The molecule has 94 valence electrons. The molecule has 0 saturated heterocycles. The van der Waals surface area contributed by atoms with E-state index in [1.807, 2.05) is 38.1 Å². The van der Waals surface area contributed by atoms with Gasteiger partial charge in [0.2, 0.25) is 0 Å². The molecule has 0 radical (unpaired) electrons. The average Bonchev–Trinajstić information content (AvgIpc) is 2.39. The second kappa shape index (κ2) is 7.73. The Bertz CT molecular complexity index is 465. The summed E-state index contributed by atoms with van der Waals surface area (Å²) in [5.74, 6) is 0. The van der Waals surface area contributed by atoms with E-state index >= 15 is 0 Å². The first-order valence-electron chi connectivity index (χ1n) is 6.24. The zero-order valence-electron chi connectivity index (χ0n) is 11.2. The van der Waals surface area contributed by atoms with Crippen molar-refractivity contribution < 1.29 is 0 Å². The number of aryl methyl sites for hydroxylation is 1. The van der Waals surface area contributed by atoms with Gasteiger partial charge in [-0.3, -0.25) is 0 Å². The minimum atomic E-state index is 0.770. The van der Waals surface area contributed by atoms with Crippen LogP contribution in [0.5, 0.6) is 0 Å². The third-order valence-electron chi connectivity index (χ3n) is 2.36. The van der Waals surface area contributed by atoms with Crippen molar-refractivity contribution in [2.45, 2.75) is 20.8 Å². The van der Waals surface area contributed by atoms with Gasteiger partial charge in [0.1, 0.15) is 0 Å². The summed E-state index contributed by atoms with van der Waals surface area (Å²) in [4.78, 5) is 0. The van der Waals surface area contributed by atoms with Gasteiger partial charge in [-0.15, -0.1) is 0 Å². The predicted molar refractivity (Wildman–Crippen MR) is 82.9 cm³/mol. The fourth-order valence-electron chi connectivity index (χ4n) is 1.58. The largest absolute Gasteiger partial charge is 0.0843 e. The van der Waals surface area contributed by atoms with Crippen LogP contribution in [0.25, 0.3) is 12.2 Å². The Morgan fingerprint density at radius 3 is 1.94 bits per heavy atom. The lowest BCUT2D eigenvalue weighted by Crippen LogP contribution is -1.75. The van der Waals surface area contributed by atoms with E-state index in [2.05, 4.69) is 43.3 Å². The maximum atomic E-state index is 5.92. The zero-order valence-corrected chi connectivity index (χ0v) is 11.9. The summed E-state index contributed by atoms with van der Waals surface area (Å²) in [5, 5.41) is 0.770. The molecular weight excluding hydrogens is 240 g/mol. The summed E-state index contributed by atoms with van der Waals surface area (Å²) in [7, 11) is 0. The van der Waals surface area contributed by atoms with Gasteiger partial charge < -0.3 is 0 Å². The van der Waals surface area contributed by atoms with Crippen LogP contribution in [-0.4, -0.2) is 0 Å². The monoisotopic (exact) mass is 258 g/mol. The summed E-state index contributed by atoms with van der Waals surface area (Å²) in [6.45, 7) is 6.09. The summed E-state index contributed by atoms with van der Waals surface area (Å²) in [6.07, 6.45) is 4.17. The molecule has 0 fully saturated rings. The fourth-order valence-corrected chi connectivity index (χ4v) is 1.78. The molecule has 0 atom stereocenters. The van der Waals surface area contributed by atoms with Gasteiger partial charge in [-0.25, -0.2) is 0 Å². The minimum Gasteiger partial charge on any atom is -0.0843 e. The molecule has 0 nitrogen and oxygen atoms in total. The van der Waals surface area contributed by atoms with E-state index < -0.39 is 0 Å². The van der Waals surface area contributed by atoms with Gasteiger partial charge in [-0.05, 0) is 30.2 Å². The number of benzene rings is 2. The predicted octanol–water partition coefficient (Wildman–Crippen LogP) is 5.85. The number of rotatable bonds is 2. The maximum absolute atomic E-state index is 5.92. The third-order valence-corrected chi connectivity index (χ3v) is 2.59. The van der Waals surface area contributed by atoms with Gasteiger partial charge in [-0.1, -0.05) is 79.6 Å². The van der Waals surface area contributed by atoms with Crippen LogP contribution in [0.3, 0.4) is 0 Å². The standard InChI is InChI=1S/C15H13Cl.C2H6/c1-12-4-2-5-13(10-12)8-9-14-6-3-7-15(16)11-14;1-2/h2-11H,1H3;1-2H3/b9-8+;. The van der Waals surface area contributed by atoms with Gasteiger partial charge >= 0.3 is 0 Å². The highest BCUT2D eigenvalue weighted by Crippen LogP contribution is 2.14. The maximum Gasteiger partial charge on any atom is 0.0411 e. The van der Waals surface area contributed by atoms with Gasteiger partial charge in [0.25, 0.3) is 0 Å². The molecule has 2 aromatic carbocycles. The highest BCUT2D eigenvalue weighted by Gasteiger charge is 1.90. The van der Waals surface area contributed by atoms with Crippen molar-refractivity contribution in [1.82, 2.24) is 0 Å². The van der Waals surface area contributed by atoms with E-state index in [1.165, 1.54) is 11.1 Å². The average molecular weight is 259 g/mol. The van der Waals surface area contributed by atoms with Gasteiger partial charge in [-0.2, -0.15) is 0 Å². The van der Waals surface area contributed by atoms with Crippen LogP contribution in [0.15, 0.2) is 48.5 Å². The molecule has 0 aromatic heterocycles. The normalized spacial score (nSPS) is 10.0. The van der Waals surface area contributed by atoms with Crippen molar-refractivity contribution in [1.29, 1.82) is 0 Å². The van der Waals surface area contributed by atoms with E-state index in [0.717, 1.165) is 10.6 Å². The third kappa shape index (κ3) is 4.77. The van der Waals surface area contributed by atoms with Gasteiger partial charge in [0, 0.05) is 5.02 Å². The molecule has 18 heavy (non-hydrogen) atoms. The molecule has 0 bridgehead atoms. The van der Waals surface area contributed by atoms with Crippen LogP contribution >= 0.6 is 11.6 Å². The molecule has 0 unspecified atom stereocenters. The smallest absolute Gasteiger partial charge is 0.0411 e. The van der Waals surface area contributed by atoms with Gasteiger partial charge in [0.05, 0.1) is 0 Å². The molecule has 2 aromatic rings. The number of hydrogen-bond donors (Lipinski definition) is 0. The van der Waals surface area contributed by atoms with E-state index in [9.17, 15) is 0 Å². The minimum absolute atomic E-state index is 0.770. The molecule has 0 aliphatic rings. The summed E-state index contributed by atoms with van der Waals surface area (Å²) in [5.41, 5.74) is 3.60. The molecule has 0 amide bonds. The first-order valence-corrected chi connectivity index (χ1v) is 6.62. The first-order chi connectivity index (χ1) is 8.74. The van der Waals surface area contributed by atoms with Crippen molar-refractivity contribution >= 4 is 23.8 Å². The van der Waals surface area contributed by atoms with Crippen LogP contribution in [0.1, 0.15) is 30.5 Å². The Balaban J connectivity index is 0.000000771. The van der Waals surface area contributed by atoms with Crippen molar-refractivity contribution in [2.75, 3.05) is 0 Å². The van der Waals surface area contributed by atoms with E-state index in [-0.39, 0.29) is 0 Å². The summed E-state index contributed by atoms with van der Waals surface area (Å²) in [6, 6.07) is 16.2. The Kier molecular flexibility index (Phi) is 6.24. The molecule has 2 rings (SSSR count). The molecule has 0 heterocycles. The molecule has 0 spiro atoms. The second-order valence-corrected chi connectivity index (χ2v) is 4.24. The number of hydrogen-bond acceptors (Lipinski definition) is 0. The van der Waals surface area contributed by atoms with Crippen molar-refractivity contribution in [3.8, 4) is 0 Å². The molecule has 0 N–H and O–H groups in total. The van der Waals surface area contributed by atoms with Crippen molar-refractivity contribution in [3.05, 3.63) is 70.2 Å². The lowest BCUT2D eigenvalue weighted by Gasteiger charge is -1.97. The quantitative estimate of drug-likeness (QED) is 0.593. The van der Waals surface area contributed by atoms with E-state index in [4.69, 9.17) is 11.6 Å². The van der Waals surface area contributed by atoms with Crippen LogP contribution < -0.4 is 0 Å². The van der Waals surface area contributed by atoms with Crippen LogP contribution in [-0.2, 0) is 0 Å². The Labute approximate surface area is 115 Å². The second-order valence-electron chi connectivity index (χ2n) is 3.80. The van der Waals surface area contributed by atoms with Crippen molar-refractivity contribution in [3.63, 3.8) is 0 Å². The van der Waals surface area contributed by atoms with Crippen molar-refractivity contribution in [2.24, 2.45) is 0 Å². The topological polar surface area (TPSA) is 0 Å². The molecule has 1 heteroatoms. The summed E-state index contributed by atoms with van der Waals surface area (Å²) < 4.78 is 0. The zero-order chi connectivity index (χ0) is 13.4.